The second kappa shape index (κ2) is 8.04. The molecule has 0 unspecified atom stereocenters. The van der Waals surface area contributed by atoms with E-state index in [0.717, 1.165) is 0 Å². The lowest BCUT2D eigenvalue weighted by Gasteiger charge is -2.30. The van der Waals surface area contributed by atoms with Gasteiger partial charge in [0.05, 0.1) is 26.3 Å². The van der Waals surface area contributed by atoms with Crippen LogP contribution in [0.1, 0.15) is 24.2 Å². The number of ether oxygens (including phenoxy) is 1. The van der Waals surface area contributed by atoms with Gasteiger partial charge in [0.15, 0.2) is 0 Å². The van der Waals surface area contributed by atoms with Gasteiger partial charge in [-0.05, 0) is 12.1 Å². The van der Waals surface area contributed by atoms with Gasteiger partial charge in [0.1, 0.15) is 11.4 Å². The smallest absolute Gasteiger partial charge is 0.254 e. The third kappa shape index (κ3) is 5.50. The Balaban J connectivity index is 2.14. The van der Waals surface area contributed by atoms with E-state index in [4.69, 9.17) is 4.74 Å². The molecule has 1 saturated heterocycles. The Morgan fingerprint density at radius 1 is 1.36 bits per heavy atom. The van der Waals surface area contributed by atoms with Crippen molar-refractivity contribution < 1.29 is 24.2 Å². The average Bonchev–Trinajstić information content (AvgIpc) is 2.74. The summed E-state index contributed by atoms with van der Waals surface area (Å²) >= 11 is 0. The second-order valence-corrected chi connectivity index (χ2v) is 6.02. The molecule has 0 radical (unpaired) electrons. The molecule has 3 N–H and O–H groups in total. The third-order valence-electron chi connectivity index (χ3n) is 3.63. The van der Waals surface area contributed by atoms with Crippen molar-refractivity contribution in [2.45, 2.75) is 19.4 Å². The molecule has 1 aliphatic heterocycles. The summed E-state index contributed by atoms with van der Waals surface area (Å²) in [4.78, 5) is 40.4. The minimum absolute atomic E-state index is 0.0143. The van der Waals surface area contributed by atoms with Crippen molar-refractivity contribution in [1.29, 1.82) is 0 Å². The molecule has 1 aliphatic rings. The SMILES string of the molecule is CC(=O)NC[C@]1(O)COCCN(C(=O)c2ccnc(NC(C)=O)c2)C1. The molecule has 0 bridgehead atoms. The van der Waals surface area contributed by atoms with Crippen LogP contribution in [-0.2, 0) is 14.3 Å². The van der Waals surface area contributed by atoms with Crippen LogP contribution in [-0.4, -0.2) is 71.2 Å². The highest BCUT2D eigenvalue weighted by Crippen LogP contribution is 2.16. The molecule has 1 aromatic heterocycles. The Kier molecular flexibility index (Phi) is 6.05. The number of pyridine rings is 1. The van der Waals surface area contributed by atoms with Gasteiger partial charge < -0.3 is 25.4 Å². The molecule has 136 valence electrons. The van der Waals surface area contributed by atoms with Crippen LogP contribution in [0.5, 0.6) is 0 Å². The normalized spacial score (nSPS) is 20.5. The molecule has 9 nitrogen and oxygen atoms in total. The maximum Gasteiger partial charge on any atom is 0.254 e. The molecule has 2 heterocycles. The number of carbonyl (C=O) groups is 3. The first-order valence-electron chi connectivity index (χ1n) is 7.86. The molecule has 0 saturated carbocycles. The van der Waals surface area contributed by atoms with Crippen LogP contribution in [0, 0.1) is 0 Å². The number of β-amino-alcohol motifs (C(OH)–C–C–N with tert-alkyl or cyclic N) is 1. The summed E-state index contributed by atoms with van der Waals surface area (Å²) in [5.41, 5.74) is -1.03. The highest BCUT2D eigenvalue weighted by molar-refractivity contribution is 5.96. The minimum atomic E-state index is -1.37. The molecule has 0 aliphatic carbocycles. The molecule has 3 amide bonds. The molecule has 1 atom stereocenters. The summed E-state index contributed by atoms with van der Waals surface area (Å²) in [6.07, 6.45) is 1.43. The number of aromatic nitrogens is 1. The Hall–Kier alpha value is -2.52. The fourth-order valence-electron chi connectivity index (χ4n) is 2.48. The van der Waals surface area contributed by atoms with E-state index in [1.807, 2.05) is 0 Å². The van der Waals surface area contributed by atoms with Crippen LogP contribution < -0.4 is 10.6 Å². The number of amides is 3. The summed E-state index contributed by atoms with van der Waals surface area (Å²) in [7, 11) is 0. The maximum absolute atomic E-state index is 12.7. The van der Waals surface area contributed by atoms with Crippen LogP contribution in [0.25, 0.3) is 0 Å². The summed E-state index contributed by atoms with van der Waals surface area (Å²) < 4.78 is 5.37. The predicted octanol–water partition coefficient (Wildman–Crippen LogP) is -0.620. The molecule has 0 spiro atoms. The highest BCUT2D eigenvalue weighted by Gasteiger charge is 2.35. The summed E-state index contributed by atoms with van der Waals surface area (Å²) in [6, 6.07) is 3.01. The maximum atomic E-state index is 12.7. The lowest BCUT2D eigenvalue weighted by Crippen LogP contribution is -2.53. The summed E-state index contributed by atoms with van der Waals surface area (Å²) in [5.74, 6) is -0.603. The van der Waals surface area contributed by atoms with Crippen LogP contribution in [0.4, 0.5) is 5.82 Å². The zero-order valence-corrected chi connectivity index (χ0v) is 14.2. The first-order valence-corrected chi connectivity index (χ1v) is 7.86. The van der Waals surface area contributed by atoms with Gasteiger partial charge >= 0.3 is 0 Å². The first kappa shape index (κ1) is 18.8. The quantitative estimate of drug-likeness (QED) is 0.665. The van der Waals surface area contributed by atoms with Crippen LogP contribution in [0.15, 0.2) is 18.3 Å². The average molecular weight is 350 g/mol. The number of nitrogens with zero attached hydrogens (tertiary/aromatic N) is 2. The molecule has 2 rings (SSSR count). The van der Waals surface area contributed by atoms with Gasteiger partial charge in [-0.2, -0.15) is 0 Å². The molecular weight excluding hydrogens is 328 g/mol. The molecule has 25 heavy (non-hydrogen) atoms. The molecule has 1 fully saturated rings. The number of anilines is 1. The van der Waals surface area contributed by atoms with Gasteiger partial charge in [-0.25, -0.2) is 4.98 Å². The topological polar surface area (TPSA) is 121 Å². The van der Waals surface area contributed by atoms with Crippen LogP contribution in [0.2, 0.25) is 0 Å². The second-order valence-electron chi connectivity index (χ2n) is 6.02. The Bertz CT molecular complexity index is 666. The summed E-state index contributed by atoms with van der Waals surface area (Å²) in [6.45, 7) is 3.31. The Morgan fingerprint density at radius 2 is 2.12 bits per heavy atom. The van der Waals surface area contributed by atoms with Gasteiger partial charge in [0, 0.05) is 32.2 Å². The Morgan fingerprint density at radius 3 is 2.80 bits per heavy atom. The number of rotatable bonds is 4. The monoisotopic (exact) mass is 350 g/mol. The van der Waals surface area contributed by atoms with Gasteiger partial charge in [-0.3, -0.25) is 14.4 Å². The Labute approximate surface area is 145 Å². The van der Waals surface area contributed by atoms with E-state index in [-0.39, 0.29) is 49.8 Å². The van der Waals surface area contributed by atoms with Gasteiger partial charge in [-0.15, -0.1) is 0 Å². The number of nitrogens with one attached hydrogen (secondary N) is 2. The number of aliphatic hydroxyl groups is 1. The van der Waals surface area contributed by atoms with E-state index in [2.05, 4.69) is 15.6 Å². The highest BCUT2D eigenvalue weighted by atomic mass is 16.5. The number of hydrogen-bond donors (Lipinski definition) is 3. The van der Waals surface area contributed by atoms with Crippen molar-refractivity contribution >= 4 is 23.5 Å². The van der Waals surface area contributed by atoms with Crippen molar-refractivity contribution in [2.24, 2.45) is 0 Å². The van der Waals surface area contributed by atoms with Gasteiger partial charge in [-0.1, -0.05) is 0 Å². The van der Waals surface area contributed by atoms with E-state index in [9.17, 15) is 19.5 Å². The summed E-state index contributed by atoms with van der Waals surface area (Å²) in [5, 5.41) is 15.7. The first-order chi connectivity index (χ1) is 11.8. The van der Waals surface area contributed by atoms with E-state index in [0.29, 0.717) is 12.1 Å². The lowest BCUT2D eigenvalue weighted by atomic mass is 10.0. The lowest BCUT2D eigenvalue weighted by molar-refractivity contribution is -0.121. The van der Waals surface area contributed by atoms with E-state index in [1.54, 1.807) is 0 Å². The van der Waals surface area contributed by atoms with E-state index in [1.165, 1.54) is 37.1 Å². The largest absolute Gasteiger partial charge is 0.384 e. The van der Waals surface area contributed by atoms with Crippen LogP contribution in [0.3, 0.4) is 0 Å². The van der Waals surface area contributed by atoms with Crippen molar-refractivity contribution in [2.75, 3.05) is 38.2 Å². The van der Waals surface area contributed by atoms with Crippen molar-refractivity contribution in [3.63, 3.8) is 0 Å². The fraction of sp³-hybridized carbons (Fsp3) is 0.500. The van der Waals surface area contributed by atoms with E-state index < -0.39 is 5.60 Å². The molecule has 0 aromatic carbocycles. The minimum Gasteiger partial charge on any atom is -0.384 e. The van der Waals surface area contributed by atoms with Gasteiger partial charge in [0.2, 0.25) is 11.8 Å². The number of carbonyl (C=O) groups excluding carboxylic acids is 3. The fourth-order valence-corrected chi connectivity index (χ4v) is 2.48. The molecule has 9 heteroatoms. The molecule has 1 aromatic rings. The van der Waals surface area contributed by atoms with Crippen molar-refractivity contribution in [3.05, 3.63) is 23.9 Å². The standard InChI is InChI=1S/C16H22N4O5/c1-11(21)18-8-16(24)9-20(5-6-25-10-16)15(23)13-3-4-17-14(7-13)19-12(2)22/h3-4,7,24H,5-6,8-10H2,1-2H3,(H,18,21)(H,17,19,22)/t16-/m1/s1. The number of hydrogen-bond acceptors (Lipinski definition) is 6. The predicted molar refractivity (Wildman–Crippen MR) is 88.9 cm³/mol. The van der Waals surface area contributed by atoms with Crippen molar-refractivity contribution in [3.8, 4) is 0 Å². The van der Waals surface area contributed by atoms with Gasteiger partial charge in [0.25, 0.3) is 5.91 Å². The third-order valence-corrected chi connectivity index (χ3v) is 3.63. The van der Waals surface area contributed by atoms with Crippen molar-refractivity contribution in [1.82, 2.24) is 15.2 Å². The van der Waals surface area contributed by atoms with Crippen LogP contribution >= 0.6 is 0 Å². The molecular formula is C16H22N4O5. The zero-order chi connectivity index (χ0) is 18.4. The van der Waals surface area contributed by atoms with E-state index >= 15 is 0 Å². The zero-order valence-electron chi connectivity index (χ0n) is 14.2.